The van der Waals surface area contributed by atoms with Gasteiger partial charge in [-0.2, -0.15) is 0 Å². The molecule has 0 saturated carbocycles. The van der Waals surface area contributed by atoms with Crippen molar-refractivity contribution in [3.8, 4) is 0 Å². The Morgan fingerprint density at radius 2 is 2.00 bits per heavy atom. The number of esters is 1. The van der Waals surface area contributed by atoms with E-state index in [-0.39, 0.29) is 17.1 Å². The van der Waals surface area contributed by atoms with Gasteiger partial charge in [-0.3, -0.25) is 14.8 Å². The molecule has 0 fully saturated rings. The first kappa shape index (κ1) is 18.2. The zero-order valence-electron chi connectivity index (χ0n) is 15.0. The number of hydrogen-bond acceptors (Lipinski definition) is 7. The standard InChI is InChI=1S/C19H19N5O3/c1-3-24-12-16(19(26)27-13(2)14-6-9-20-10-7-14)23-17(18(24)25)22-15-5-4-8-21-11-15/h4-13H,3H2,1-2H3,(H,22,23). The molecule has 0 bridgehead atoms. The summed E-state index contributed by atoms with van der Waals surface area (Å²) in [5.41, 5.74) is 1.13. The normalized spacial score (nSPS) is 11.6. The molecule has 1 N–H and O–H groups in total. The second-order valence-corrected chi connectivity index (χ2v) is 5.76. The van der Waals surface area contributed by atoms with Crippen LogP contribution in [-0.2, 0) is 11.3 Å². The van der Waals surface area contributed by atoms with Crippen molar-refractivity contribution in [2.45, 2.75) is 26.5 Å². The summed E-state index contributed by atoms with van der Waals surface area (Å²) in [5.74, 6) is -0.577. The molecule has 0 aliphatic rings. The van der Waals surface area contributed by atoms with Gasteiger partial charge in [-0.15, -0.1) is 0 Å². The summed E-state index contributed by atoms with van der Waals surface area (Å²) < 4.78 is 6.88. The van der Waals surface area contributed by atoms with Gasteiger partial charge >= 0.3 is 5.97 Å². The maximum atomic E-state index is 12.6. The van der Waals surface area contributed by atoms with Crippen molar-refractivity contribution in [3.63, 3.8) is 0 Å². The third-order valence-corrected chi connectivity index (χ3v) is 3.91. The fourth-order valence-corrected chi connectivity index (χ4v) is 2.45. The second kappa shape index (κ2) is 8.22. The molecule has 3 rings (SSSR count). The molecular formula is C19H19N5O3. The monoisotopic (exact) mass is 365 g/mol. The maximum Gasteiger partial charge on any atom is 0.359 e. The molecule has 8 nitrogen and oxygen atoms in total. The Morgan fingerprint density at radius 1 is 1.22 bits per heavy atom. The molecule has 0 amide bonds. The topological polar surface area (TPSA) is 99.0 Å². The summed E-state index contributed by atoms with van der Waals surface area (Å²) in [5, 5.41) is 2.90. The molecule has 1 unspecified atom stereocenters. The van der Waals surface area contributed by atoms with Gasteiger partial charge in [-0.1, -0.05) is 0 Å². The number of ether oxygens (including phenoxy) is 1. The van der Waals surface area contributed by atoms with E-state index in [2.05, 4.69) is 20.3 Å². The Balaban J connectivity index is 1.87. The van der Waals surface area contributed by atoms with Crippen LogP contribution in [0.3, 0.4) is 0 Å². The summed E-state index contributed by atoms with van der Waals surface area (Å²) >= 11 is 0. The first-order chi connectivity index (χ1) is 13.1. The number of nitrogens with zero attached hydrogens (tertiary/aromatic N) is 4. The van der Waals surface area contributed by atoms with E-state index in [1.54, 1.807) is 56.0 Å². The highest BCUT2D eigenvalue weighted by Gasteiger charge is 2.18. The maximum absolute atomic E-state index is 12.6. The minimum Gasteiger partial charge on any atom is -0.453 e. The summed E-state index contributed by atoms with van der Waals surface area (Å²) in [6, 6.07) is 7.03. The van der Waals surface area contributed by atoms with Crippen molar-refractivity contribution in [2.75, 3.05) is 5.32 Å². The molecule has 138 valence electrons. The Labute approximate surface area is 155 Å². The number of hydrogen-bond donors (Lipinski definition) is 1. The van der Waals surface area contributed by atoms with Crippen molar-refractivity contribution in [1.82, 2.24) is 19.5 Å². The van der Waals surface area contributed by atoms with Gasteiger partial charge in [0.1, 0.15) is 6.10 Å². The summed E-state index contributed by atoms with van der Waals surface area (Å²) in [7, 11) is 0. The van der Waals surface area contributed by atoms with Crippen LogP contribution in [0.5, 0.6) is 0 Å². The van der Waals surface area contributed by atoms with Gasteiger partial charge in [-0.25, -0.2) is 9.78 Å². The quantitative estimate of drug-likeness (QED) is 0.671. The largest absolute Gasteiger partial charge is 0.453 e. The van der Waals surface area contributed by atoms with Crippen LogP contribution in [0.4, 0.5) is 11.5 Å². The van der Waals surface area contributed by atoms with Crippen molar-refractivity contribution in [3.05, 3.63) is 76.9 Å². The van der Waals surface area contributed by atoms with Crippen LogP contribution < -0.4 is 10.9 Å². The molecule has 3 aromatic rings. The van der Waals surface area contributed by atoms with Gasteiger partial charge in [0.05, 0.1) is 11.9 Å². The fourth-order valence-electron chi connectivity index (χ4n) is 2.45. The average Bonchev–Trinajstić information content (AvgIpc) is 2.70. The predicted molar refractivity (Wildman–Crippen MR) is 99.8 cm³/mol. The number of nitrogens with one attached hydrogen (secondary N) is 1. The Morgan fingerprint density at radius 3 is 2.67 bits per heavy atom. The van der Waals surface area contributed by atoms with E-state index < -0.39 is 12.1 Å². The van der Waals surface area contributed by atoms with Crippen LogP contribution in [0.2, 0.25) is 0 Å². The lowest BCUT2D eigenvalue weighted by Gasteiger charge is -2.14. The molecule has 0 radical (unpaired) electrons. The molecule has 27 heavy (non-hydrogen) atoms. The molecule has 0 aliphatic heterocycles. The number of carbonyl (C=O) groups excluding carboxylic acids is 1. The highest BCUT2D eigenvalue weighted by atomic mass is 16.5. The van der Waals surface area contributed by atoms with Crippen LogP contribution in [0.1, 0.15) is 36.0 Å². The summed E-state index contributed by atoms with van der Waals surface area (Å²) in [4.78, 5) is 37.1. The lowest BCUT2D eigenvalue weighted by atomic mass is 10.2. The minimum atomic E-state index is -0.615. The lowest BCUT2D eigenvalue weighted by molar-refractivity contribution is 0.0329. The second-order valence-electron chi connectivity index (χ2n) is 5.76. The third kappa shape index (κ3) is 4.35. The van der Waals surface area contributed by atoms with Crippen LogP contribution in [0.25, 0.3) is 0 Å². The highest BCUT2D eigenvalue weighted by Crippen LogP contribution is 2.17. The number of carbonyl (C=O) groups is 1. The van der Waals surface area contributed by atoms with E-state index >= 15 is 0 Å². The van der Waals surface area contributed by atoms with Crippen molar-refractivity contribution < 1.29 is 9.53 Å². The molecule has 0 aliphatic carbocycles. The zero-order valence-corrected chi connectivity index (χ0v) is 15.0. The van der Waals surface area contributed by atoms with E-state index in [0.29, 0.717) is 12.2 Å². The first-order valence-corrected chi connectivity index (χ1v) is 8.48. The summed E-state index contributed by atoms with van der Waals surface area (Å²) in [6.45, 7) is 3.96. The van der Waals surface area contributed by atoms with E-state index in [1.165, 1.54) is 10.8 Å². The van der Waals surface area contributed by atoms with Crippen LogP contribution in [0, 0.1) is 0 Å². The van der Waals surface area contributed by atoms with Gasteiger partial charge in [0.15, 0.2) is 11.5 Å². The predicted octanol–water partition coefficient (Wildman–Crippen LogP) is 2.71. The van der Waals surface area contributed by atoms with Crippen LogP contribution in [-0.4, -0.2) is 25.5 Å². The molecular weight excluding hydrogens is 346 g/mol. The third-order valence-electron chi connectivity index (χ3n) is 3.91. The average molecular weight is 365 g/mol. The van der Waals surface area contributed by atoms with Gasteiger partial charge in [-0.05, 0) is 43.7 Å². The molecule has 3 heterocycles. The molecule has 8 heteroatoms. The summed E-state index contributed by atoms with van der Waals surface area (Å²) in [6.07, 6.45) is 7.37. The first-order valence-electron chi connectivity index (χ1n) is 8.48. The molecule has 0 aromatic carbocycles. The SMILES string of the molecule is CCn1cc(C(=O)OC(C)c2ccncc2)nc(Nc2cccnc2)c1=O. The number of pyridine rings is 2. The van der Waals surface area contributed by atoms with E-state index in [4.69, 9.17) is 4.74 Å². The minimum absolute atomic E-state index is 0.0378. The van der Waals surface area contributed by atoms with Crippen molar-refractivity contribution >= 4 is 17.5 Å². The van der Waals surface area contributed by atoms with Gasteiger partial charge in [0.2, 0.25) is 0 Å². The van der Waals surface area contributed by atoms with E-state index in [9.17, 15) is 9.59 Å². The van der Waals surface area contributed by atoms with Crippen molar-refractivity contribution in [1.29, 1.82) is 0 Å². The Hall–Kier alpha value is -3.55. The zero-order chi connectivity index (χ0) is 19.2. The molecule has 3 aromatic heterocycles. The molecule has 0 saturated heterocycles. The van der Waals surface area contributed by atoms with Gasteiger partial charge < -0.3 is 14.6 Å². The van der Waals surface area contributed by atoms with E-state index in [1.807, 2.05) is 6.92 Å². The van der Waals surface area contributed by atoms with Crippen molar-refractivity contribution in [2.24, 2.45) is 0 Å². The Kier molecular flexibility index (Phi) is 5.55. The van der Waals surface area contributed by atoms with Gasteiger partial charge in [0, 0.05) is 31.3 Å². The van der Waals surface area contributed by atoms with Gasteiger partial charge in [0.25, 0.3) is 5.56 Å². The highest BCUT2D eigenvalue weighted by molar-refractivity contribution is 5.87. The number of aromatic nitrogens is 4. The number of rotatable bonds is 6. The molecule has 1 atom stereocenters. The van der Waals surface area contributed by atoms with Crippen LogP contribution >= 0.6 is 0 Å². The molecule has 0 spiro atoms. The Bertz CT molecular complexity index is 974. The fraction of sp³-hybridized carbons (Fsp3) is 0.211. The lowest BCUT2D eigenvalue weighted by Crippen LogP contribution is -2.26. The number of aryl methyl sites for hydroxylation is 1. The smallest absolute Gasteiger partial charge is 0.359 e. The van der Waals surface area contributed by atoms with Crippen LogP contribution in [0.15, 0.2) is 60.0 Å². The number of anilines is 2. The van der Waals surface area contributed by atoms with E-state index in [0.717, 1.165) is 5.56 Å².